The van der Waals surface area contributed by atoms with Gasteiger partial charge < -0.3 is 5.32 Å². The molecule has 2 aromatic carbocycles. The average molecular weight is 300 g/mol. The maximum atomic E-state index is 13.9. The zero-order valence-electron chi connectivity index (χ0n) is 10.8. The first-order valence-electron chi connectivity index (χ1n) is 6.16. The number of halogens is 4. The second-order valence-electron chi connectivity index (χ2n) is 4.29. The van der Waals surface area contributed by atoms with Crippen molar-refractivity contribution in [1.29, 1.82) is 0 Å². The highest BCUT2D eigenvalue weighted by molar-refractivity contribution is 6.31. The van der Waals surface area contributed by atoms with E-state index in [4.69, 9.17) is 11.6 Å². The topological polar surface area (TPSA) is 12.0 Å². The molecule has 2 rings (SSSR count). The van der Waals surface area contributed by atoms with Crippen LogP contribution in [0.15, 0.2) is 36.4 Å². The van der Waals surface area contributed by atoms with Crippen molar-refractivity contribution < 1.29 is 13.2 Å². The van der Waals surface area contributed by atoms with E-state index in [0.717, 1.165) is 6.07 Å². The van der Waals surface area contributed by atoms with Crippen molar-refractivity contribution in [1.82, 2.24) is 5.32 Å². The van der Waals surface area contributed by atoms with Gasteiger partial charge in [0.15, 0.2) is 0 Å². The van der Waals surface area contributed by atoms with Crippen molar-refractivity contribution in [2.24, 2.45) is 0 Å². The molecule has 106 valence electrons. The van der Waals surface area contributed by atoms with Crippen molar-refractivity contribution in [3.05, 3.63) is 70.0 Å². The Morgan fingerprint density at radius 3 is 2.30 bits per heavy atom. The smallest absolute Gasteiger partial charge is 0.131 e. The Morgan fingerprint density at radius 1 is 1.10 bits per heavy atom. The van der Waals surface area contributed by atoms with Gasteiger partial charge in [-0.15, -0.1) is 0 Å². The zero-order chi connectivity index (χ0) is 14.7. The van der Waals surface area contributed by atoms with Crippen LogP contribution in [0.4, 0.5) is 13.2 Å². The van der Waals surface area contributed by atoms with Crippen molar-refractivity contribution >= 4 is 11.6 Å². The zero-order valence-corrected chi connectivity index (χ0v) is 11.5. The molecule has 2 aromatic rings. The number of hydrogen-bond acceptors (Lipinski definition) is 1. The minimum absolute atomic E-state index is 0.122. The lowest BCUT2D eigenvalue weighted by Crippen LogP contribution is -2.24. The van der Waals surface area contributed by atoms with Crippen LogP contribution in [-0.2, 0) is 0 Å². The largest absolute Gasteiger partial charge is 0.306 e. The van der Waals surface area contributed by atoms with Gasteiger partial charge in [0.1, 0.15) is 17.5 Å². The van der Waals surface area contributed by atoms with E-state index < -0.39 is 23.5 Å². The van der Waals surface area contributed by atoms with Crippen LogP contribution in [0, 0.1) is 17.5 Å². The molecule has 0 radical (unpaired) electrons. The molecule has 0 aliphatic carbocycles. The van der Waals surface area contributed by atoms with Gasteiger partial charge in [0, 0.05) is 10.6 Å². The standard InChI is InChI=1S/C15H13ClF3N/c1-2-20-15(10-7-6-9(17)8-11(10)16)14-12(18)4-3-5-13(14)19/h3-8,15,20H,2H2,1H3. The summed E-state index contributed by atoms with van der Waals surface area (Å²) >= 11 is 5.99. The summed E-state index contributed by atoms with van der Waals surface area (Å²) in [4.78, 5) is 0. The summed E-state index contributed by atoms with van der Waals surface area (Å²) < 4.78 is 41.0. The third kappa shape index (κ3) is 2.97. The van der Waals surface area contributed by atoms with Gasteiger partial charge in [-0.2, -0.15) is 0 Å². The van der Waals surface area contributed by atoms with E-state index in [2.05, 4.69) is 5.32 Å². The predicted molar refractivity (Wildman–Crippen MR) is 73.3 cm³/mol. The van der Waals surface area contributed by atoms with Gasteiger partial charge in [-0.3, -0.25) is 0 Å². The second kappa shape index (κ2) is 6.29. The van der Waals surface area contributed by atoms with Crippen molar-refractivity contribution in [3.8, 4) is 0 Å². The van der Waals surface area contributed by atoms with Gasteiger partial charge in [0.25, 0.3) is 0 Å². The fourth-order valence-electron chi connectivity index (χ4n) is 2.09. The normalized spacial score (nSPS) is 12.4. The van der Waals surface area contributed by atoms with Crippen molar-refractivity contribution in [3.63, 3.8) is 0 Å². The molecular formula is C15H13ClF3N. The lowest BCUT2D eigenvalue weighted by atomic mass is 9.97. The van der Waals surface area contributed by atoms with Crippen molar-refractivity contribution in [2.75, 3.05) is 6.54 Å². The van der Waals surface area contributed by atoms with Gasteiger partial charge in [-0.05, 0) is 36.4 Å². The molecule has 0 aliphatic heterocycles. The van der Waals surface area contributed by atoms with E-state index in [1.165, 1.54) is 30.3 Å². The minimum Gasteiger partial charge on any atom is -0.306 e. The van der Waals surface area contributed by atoms with Crippen molar-refractivity contribution in [2.45, 2.75) is 13.0 Å². The molecule has 0 bridgehead atoms. The monoisotopic (exact) mass is 299 g/mol. The Morgan fingerprint density at radius 2 is 1.75 bits per heavy atom. The fraction of sp³-hybridized carbons (Fsp3) is 0.200. The molecule has 20 heavy (non-hydrogen) atoms. The second-order valence-corrected chi connectivity index (χ2v) is 4.70. The Balaban J connectivity index is 2.56. The van der Waals surface area contributed by atoms with Crippen LogP contribution in [0.3, 0.4) is 0 Å². The van der Waals surface area contributed by atoms with Crippen LogP contribution < -0.4 is 5.32 Å². The Kier molecular flexibility index (Phi) is 4.68. The van der Waals surface area contributed by atoms with E-state index in [1.54, 1.807) is 0 Å². The summed E-state index contributed by atoms with van der Waals surface area (Å²) in [6.45, 7) is 2.29. The highest BCUT2D eigenvalue weighted by Crippen LogP contribution is 2.31. The molecule has 1 nitrogen and oxygen atoms in total. The van der Waals surface area contributed by atoms with E-state index in [1.807, 2.05) is 6.92 Å². The maximum absolute atomic E-state index is 13.9. The molecule has 1 atom stereocenters. The summed E-state index contributed by atoms with van der Waals surface area (Å²) in [5, 5.41) is 3.09. The first-order chi connectivity index (χ1) is 9.54. The van der Waals surface area contributed by atoms with Crippen LogP contribution in [0.2, 0.25) is 5.02 Å². The highest BCUT2D eigenvalue weighted by atomic mass is 35.5. The number of rotatable bonds is 4. The van der Waals surface area contributed by atoms with Gasteiger partial charge in [0.2, 0.25) is 0 Å². The first-order valence-corrected chi connectivity index (χ1v) is 6.54. The Labute approximate surface area is 120 Å². The van der Waals surface area contributed by atoms with E-state index in [-0.39, 0.29) is 10.6 Å². The minimum atomic E-state index is -0.769. The van der Waals surface area contributed by atoms with E-state index in [0.29, 0.717) is 12.1 Å². The lowest BCUT2D eigenvalue weighted by molar-refractivity contribution is 0.510. The Bertz CT molecular complexity index is 596. The fourth-order valence-corrected chi connectivity index (χ4v) is 2.37. The van der Waals surface area contributed by atoms with Crippen LogP contribution in [0.5, 0.6) is 0 Å². The number of benzene rings is 2. The maximum Gasteiger partial charge on any atom is 0.131 e. The van der Waals surface area contributed by atoms with Crippen LogP contribution >= 0.6 is 11.6 Å². The molecular weight excluding hydrogens is 287 g/mol. The molecule has 0 saturated heterocycles. The highest BCUT2D eigenvalue weighted by Gasteiger charge is 2.23. The molecule has 0 fully saturated rings. The predicted octanol–water partition coefficient (Wildman–Crippen LogP) is 4.46. The summed E-state index contributed by atoms with van der Waals surface area (Å²) in [5.41, 5.74) is 0.307. The molecule has 5 heteroatoms. The lowest BCUT2D eigenvalue weighted by Gasteiger charge is -2.21. The average Bonchev–Trinajstić information content (AvgIpc) is 2.38. The van der Waals surface area contributed by atoms with E-state index >= 15 is 0 Å². The summed E-state index contributed by atoms with van der Waals surface area (Å²) in [6, 6.07) is 6.65. The molecule has 0 aromatic heterocycles. The van der Waals surface area contributed by atoms with Gasteiger partial charge in [0.05, 0.1) is 6.04 Å². The Hall–Kier alpha value is -1.52. The first kappa shape index (κ1) is 14.9. The molecule has 0 amide bonds. The SMILES string of the molecule is CCNC(c1ccc(F)cc1Cl)c1c(F)cccc1F. The number of nitrogens with one attached hydrogen (secondary N) is 1. The van der Waals surface area contributed by atoms with Crippen LogP contribution in [0.25, 0.3) is 0 Å². The molecule has 0 aliphatic rings. The van der Waals surface area contributed by atoms with Gasteiger partial charge >= 0.3 is 0 Å². The third-order valence-electron chi connectivity index (χ3n) is 2.97. The molecule has 1 unspecified atom stereocenters. The third-order valence-corrected chi connectivity index (χ3v) is 3.30. The summed E-state index contributed by atoms with van der Waals surface area (Å²) in [6.07, 6.45) is 0. The van der Waals surface area contributed by atoms with E-state index in [9.17, 15) is 13.2 Å². The molecule has 0 heterocycles. The molecule has 1 N–H and O–H groups in total. The molecule has 0 spiro atoms. The number of hydrogen-bond donors (Lipinski definition) is 1. The molecule has 0 saturated carbocycles. The quantitative estimate of drug-likeness (QED) is 0.879. The summed E-state index contributed by atoms with van der Waals surface area (Å²) in [7, 11) is 0. The van der Waals surface area contributed by atoms with Gasteiger partial charge in [-0.25, -0.2) is 13.2 Å². The summed E-state index contributed by atoms with van der Waals surface area (Å²) in [5.74, 6) is -1.84. The van der Waals surface area contributed by atoms with Crippen LogP contribution in [-0.4, -0.2) is 6.54 Å². The van der Waals surface area contributed by atoms with Gasteiger partial charge in [-0.1, -0.05) is 30.7 Å². The van der Waals surface area contributed by atoms with Crippen LogP contribution in [0.1, 0.15) is 24.1 Å².